The van der Waals surface area contributed by atoms with Crippen LogP contribution < -0.4 is 0 Å². The van der Waals surface area contributed by atoms with E-state index in [4.69, 9.17) is 37.0 Å². The molecule has 94 heavy (non-hydrogen) atoms. The first-order valence-corrected chi connectivity index (χ1v) is 42.1. The summed E-state index contributed by atoms with van der Waals surface area (Å²) in [4.78, 5) is 72.7. The summed E-state index contributed by atoms with van der Waals surface area (Å²) < 4.78 is 68.4. The Balaban J connectivity index is 5.19. The van der Waals surface area contributed by atoms with Crippen LogP contribution in [0.1, 0.15) is 394 Å². The third kappa shape index (κ3) is 68.6. The molecule has 0 aliphatic rings. The Labute approximate surface area is 575 Å². The number of ether oxygens (including phenoxy) is 4. The monoisotopic (exact) mass is 1380 g/mol. The molecule has 5 atom stereocenters. The Bertz CT molecular complexity index is 1810. The molecule has 2 unspecified atom stereocenters. The molecule has 0 aromatic carbocycles. The quantitative estimate of drug-likeness (QED) is 0.0222. The van der Waals surface area contributed by atoms with Gasteiger partial charge in [0.15, 0.2) is 12.2 Å². The fourth-order valence-corrected chi connectivity index (χ4v) is 13.1. The summed E-state index contributed by atoms with van der Waals surface area (Å²) in [6.45, 7) is 7.26. The summed E-state index contributed by atoms with van der Waals surface area (Å²) >= 11 is 0. The van der Waals surface area contributed by atoms with Crippen LogP contribution in [0.25, 0.3) is 0 Å². The van der Waals surface area contributed by atoms with Crippen LogP contribution in [-0.2, 0) is 65.4 Å². The van der Waals surface area contributed by atoms with Gasteiger partial charge in [0.1, 0.15) is 19.3 Å². The first kappa shape index (κ1) is 92.1. The van der Waals surface area contributed by atoms with Crippen molar-refractivity contribution in [2.24, 2.45) is 5.92 Å². The summed E-state index contributed by atoms with van der Waals surface area (Å²) in [6.07, 6.45) is 56.9. The zero-order valence-corrected chi connectivity index (χ0v) is 62.9. The Morgan fingerprint density at radius 2 is 0.489 bits per heavy atom. The van der Waals surface area contributed by atoms with Gasteiger partial charge in [-0.05, 0) is 31.6 Å². The van der Waals surface area contributed by atoms with Crippen molar-refractivity contribution in [3.05, 3.63) is 0 Å². The van der Waals surface area contributed by atoms with Gasteiger partial charge in [0.25, 0.3) is 0 Å². The summed E-state index contributed by atoms with van der Waals surface area (Å²) in [5.74, 6) is -1.34. The van der Waals surface area contributed by atoms with E-state index in [1.807, 2.05) is 0 Å². The van der Waals surface area contributed by atoms with Crippen molar-refractivity contribution in [1.82, 2.24) is 0 Å². The molecule has 0 aromatic rings. The Morgan fingerprint density at radius 3 is 0.723 bits per heavy atom. The summed E-state index contributed by atoms with van der Waals surface area (Å²) in [5.41, 5.74) is 0. The second kappa shape index (κ2) is 68.2. The molecule has 0 rings (SSSR count). The van der Waals surface area contributed by atoms with E-state index in [0.29, 0.717) is 25.7 Å². The molecule has 0 radical (unpaired) electrons. The summed E-state index contributed by atoms with van der Waals surface area (Å²) in [6, 6.07) is 0. The van der Waals surface area contributed by atoms with Crippen molar-refractivity contribution in [3.63, 3.8) is 0 Å². The number of carbonyl (C=O) groups excluding carboxylic acids is 4. The van der Waals surface area contributed by atoms with Crippen molar-refractivity contribution in [3.8, 4) is 0 Å². The maximum Gasteiger partial charge on any atom is 0.472 e. The van der Waals surface area contributed by atoms with Crippen molar-refractivity contribution in [2.45, 2.75) is 412 Å². The highest BCUT2D eigenvalue weighted by Crippen LogP contribution is 2.45. The number of hydrogen-bond acceptors (Lipinski definition) is 15. The number of aliphatic hydroxyl groups excluding tert-OH is 1. The first-order chi connectivity index (χ1) is 45.5. The van der Waals surface area contributed by atoms with Gasteiger partial charge in [0, 0.05) is 25.7 Å². The lowest BCUT2D eigenvalue weighted by molar-refractivity contribution is -0.161. The van der Waals surface area contributed by atoms with Crippen LogP contribution in [0.5, 0.6) is 0 Å². The average Bonchev–Trinajstić information content (AvgIpc) is 1.43. The third-order valence-electron chi connectivity index (χ3n) is 17.5. The highest BCUT2D eigenvalue weighted by atomic mass is 31.2. The zero-order chi connectivity index (χ0) is 69.1. The van der Waals surface area contributed by atoms with E-state index >= 15 is 0 Å². The lowest BCUT2D eigenvalue weighted by Crippen LogP contribution is -2.30. The topological polar surface area (TPSA) is 237 Å². The number of phosphoric acid groups is 2. The fourth-order valence-electron chi connectivity index (χ4n) is 11.5. The van der Waals surface area contributed by atoms with Gasteiger partial charge in [0.05, 0.1) is 26.4 Å². The Hall–Kier alpha value is -1.94. The molecular weight excluding hydrogens is 1230 g/mol. The SMILES string of the molecule is CCCCCCCCCCCCCCCCCCC(=O)OC[C@H](COP(=O)(O)OC[C@@H](O)COP(=O)(O)OC[C@@H](COC(=O)CCCCCCCCC)OC(=O)CCCCCCCCCCCCCCC(C)C)OC(=O)CCCCCCCCCCCCCCCCCC. The predicted octanol–water partition coefficient (Wildman–Crippen LogP) is 22.1. The number of rotatable bonds is 75. The number of esters is 4. The lowest BCUT2D eigenvalue weighted by atomic mass is 10.0. The van der Waals surface area contributed by atoms with Gasteiger partial charge in [-0.25, -0.2) is 9.13 Å². The normalized spacial score (nSPS) is 14.0. The minimum absolute atomic E-state index is 0.107. The van der Waals surface area contributed by atoms with Gasteiger partial charge in [0.2, 0.25) is 0 Å². The molecule has 0 saturated carbocycles. The van der Waals surface area contributed by atoms with E-state index in [1.54, 1.807) is 0 Å². The van der Waals surface area contributed by atoms with Crippen LogP contribution in [0.3, 0.4) is 0 Å². The molecule has 0 bridgehead atoms. The maximum absolute atomic E-state index is 13.1. The van der Waals surface area contributed by atoms with E-state index < -0.39 is 97.5 Å². The van der Waals surface area contributed by atoms with Gasteiger partial charge in [-0.1, -0.05) is 343 Å². The minimum atomic E-state index is -4.95. The molecule has 19 heteroatoms. The van der Waals surface area contributed by atoms with E-state index in [9.17, 15) is 43.2 Å². The van der Waals surface area contributed by atoms with Crippen molar-refractivity contribution in [2.75, 3.05) is 39.6 Å². The first-order valence-electron chi connectivity index (χ1n) is 39.1. The van der Waals surface area contributed by atoms with E-state index in [1.165, 1.54) is 205 Å². The number of unbranched alkanes of at least 4 members (excludes halogenated alkanes) is 47. The van der Waals surface area contributed by atoms with Gasteiger partial charge < -0.3 is 33.8 Å². The largest absolute Gasteiger partial charge is 0.472 e. The van der Waals surface area contributed by atoms with Crippen LogP contribution in [-0.4, -0.2) is 96.7 Å². The van der Waals surface area contributed by atoms with Crippen LogP contribution in [0.15, 0.2) is 0 Å². The van der Waals surface area contributed by atoms with Crippen molar-refractivity contribution >= 4 is 39.5 Å². The zero-order valence-electron chi connectivity index (χ0n) is 61.1. The van der Waals surface area contributed by atoms with Gasteiger partial charge in [-0.3, -0.25) is 37.3 Å². The number of carbonyl (C=O) groups is 4. The molecule has 0 heterocycles. The molecular formula is C75H146O17P2. The second-order valence-electron chi connectivity index (χ2n) is 27.5. The molecule has 0 fully saturated rings. The number of phosphoric ester groups is 2. The van der Waals surface area contributed by atoms with E-state index in [-0.39, 0.29) is 25.7 Å². The molecule has 0 spiro atoms. The summed E-state index contributed by atoms with van der Waals surface area (Å²) in [7, 11) is -9.90. The summed E-state index contributed by atoms with van der Waals surface area (Å²) in [5, 5.41) is 10.6. The second-order valence-corrected chi connectivity index (χ2v) is 30.4. The van der Waals surface area contributed by atoms with Crippen molar-refractivity contribution < 1.29 is 80.2 Å². The average molecular weight is 1380 g/mol. The highest BCUT2D eigenvalue weighted by Gasteiger charge is 2.30. The molecule has 17 nitrogen and oxygen atoms in total. The Morgan fingerprint density at radius 1 is 0.287 bits per heavy atom. The van der Waals surface area contributed by atoms with Crippen LogP contribution in [0, 0.1) is 5.92 Å². The van der Waals surface area contributed by atoms with Gasteiger partial charge >= 0.3 is 39.5 Å². The lowest BCUT2D eigenvalue weighted by Gasteiger charge is -2.21. The van der Waals surface area contributed by atoms with E-state index in [0.717, 1.165) is 109 Å². The molecule has 0 aliphatic carbocycles. The third-order valence-corrected chi connectivity index (χ3v) is 19.4. The van der Waals surface area contributed by atoms with Crippen LogP contribution in [0.4, 0.5) is 0 Å². The fraction of sp³-hybridized carbons (Fsp3) is 0.947. The van der Waals surface area contributed by atoms with Crippen molar-refractivity contribution in [1.29, 1.82) is 0 Å². The molecule has 0 aromatic heterocycles. The molecule has 0 aliphatic heterocycles. The van der Waals surface area contributed by atoms with Gasteiger partial charge in [-0.15, -0.1) is 0 Å². The molecule has 0 saturated heterocycles. The van der Waals surface area contributed by atoms with Gasteiger partial charge in [-0.2, -0.15) is 0 Å². The van der Waals surface area contributed by atoms with Crippen LogP contribution in [0.2, 0.25) is 0 Å². The van der Waals surface area contributed by atoms with E-state index in [2.05, 4.69) is 34.6 Å². The molecule has 3 N–H and O–H groups in total. The smallest absolute Gasteiger partial charge is 0.462 e. The molecule has 0 amide bonds. The maximum atomic E-state index is 13.1. The highest BCUT2D eigenvalue weighted by molar-refractivity contribution is 7.47. The van der Waals surface area contributed by atoms with Crippen LogP contribution >= 0.6 is 15.6 Å². The Kier molecular flexibility index (Phi) is 66.8. The minimum Gasteiger partial charge on any atom is -0.462 e. The number of hydrogen-bond donors (Lipinski definition) is 3. The predicted molar refractivity (Wildman–Crippen MR) is 382 cm³/mol. The number of aliphatic hydroxyl groups is 1. The molecule has 558 valence electrons. The standard InChI is InChI=1S/C75H146O17P2/c1-6-9-12-15-18-20-22-24-26-28-30-35-39-44-49-54-59-73(78)86-65-71(92-75(80)60-55-50-45-40-36-31-29-27-25-23-21-19-16-13-10-7-2)67-90-94(83,84)88-63-69(76)62-87-93(81,82)89-66-70(64-85-72(77)58-53-48-42-17-14-11-8-3)91-74(79)61-56-51-46-41-37-33-32-34-38-43-47-52-57-68(4)5/h68-71,76H,6-67H2,1-5H3,(H,81,82)(H,83,84)/t69-,70+,71+/m0/s1.